The minimum atomic E-state index is -3.40. The van der Waals surface area contributed by atoms with Gasteiger partial charge in [-0.3, -0.25) is 9.69 Å². The van der Waals surface area contributed by atoms with Crippen LogP contribution in [0.1, 0.15) is 20.8 Å². The summed E-state index contributed by atoms with van der Waals surface area (Å²) in [6.45, 7) is 9.32. The van der Waals surface area contributed by atoms with E-state index in [9.17, 15) is 13.2 Å². The molecule has 1 fully saturated rings. The summed E-state index contributed by atoms with van der Waals surface area (Å²) in [6.07, 6.45) is 1.14. The van der Waals surface area contributed by atoms with E-state index in [1.165, 1.54) is 4.31 Å². The molecule has 0 aromatic heterocycles. The second-order valence-corrected chi connectivity index (χ2v) is 8.33. The van der Waals surface area contributed by atoms with Crippen LogP contribution < -0.4 is 5.32 Å². The van der Waals surface area contributed by atoms with Gasteiger partial charge in [-0.2, -0.15) is 4.31 Å². The van der Waals surface area contributed by atoms with Crippen molar-refractivity contribution in [3.63, 3.8) is 0 Å². The summed E-state index contributed by atoms with van der Waals surface area (Å²) in [5, 5.41) is 2.78. The molecule has 0 atom stereocenters. The highest BCUT2D eigenvalue weighted by Crippen LogP contribution is 2.03. The number of rotatable bonds is 6. The Morgan fingerprint density at radius 1 is 1.29 bits per heavy atom. The molecule has 0 aromatic rings. The largest absolute Gasteiger partial charge is 0.379 e. The fraction of sp³-hybridized carbons (Fsp3) is 0.923. The third kappa shape index (κ3) is 7.75. The average molecular weight is 321 g/mol. The summed E-state index contributed by atoms with van der Waals surface area (Å²) >= 11 is 0. The first kappa shape index (κ1) is 18.3. The van der Waals surface area contributed by atoms with Crippen molar-refractivity contribution in [1.82, 2.24) is 14.5 Å². The quantitative estimate of drug-likeness (QED) is 0.713. The van der Waals surface area contributed by atoms with Crippen LogP contribution in [-0.2, 0) is 19.6 Å². The van der Waals surface area contributed by atoms with Gasteiger partial charge in [-0.05, 0) is 20.8 Å². The second kappa shape index (κ2) is 7.53. The predicted molar refractivity (Wildman–Crippen MR) is 81.6 cm³/mol. The summed E-state index contributed by atoms with van der Waals surface area (Å²) in [5.74, 6) is -0.282. The maximum atomic E-state index is 11.9. The Morgan fingerprint density at radius 3 is 2.33 bits per heavy atom. The van der Waals surface area contributed by atoms with Gasteiger partial charge >= 0.3 is 0 Å². The first-order chi connectivity index (χ1) is 9.58. The van der Waals surface area contributed by atoms with E-state index >= 15 is 0 Å². The molecule has 1 rings (SSSR count). The molecule has 1 aliphatic rings. The van der Waals surface area contributed by atoms with Crippen LogP contribution in [-0.4, -0.2) is 81.3 Å². The molecule has 0 bridgehead atoms. The fourth-order valence-electron chi connectivity index (χ4n) is 2.06. The van der Waals surface area contributed by atoms with Crippen LogP contribution in [0.2, 0.25) is 0 Å². The molecule has 1 heterocycles. The van der Waals surface area contributed by atoms with Crippen molar-refractivity contribution >= 4 is 15.9 Å². The summed E-state index contributed by atoms with van der Waals surface area (Å²) < 4.78 is 30.1. The lowest BCUT2D eigenvalue weighted by Gasteiger charge is -2.29. The molecule has 0 spiro atoms. The van der Waals surface area contributed by atoms with E-state index in [0.717, 1.165) is 19.3 Å². The number of carbonyl (C=O) groups is 1. The van der Waals surface area contributed by atoms with Crippen molar-refractivity contribution in [2.75, 3.05) is 52.2 Å². The SMILES string of the molecule is CC(C)(C)NC(=O)CN(CCN1CCOCC1)S(C)(=O)=O. The lowest BCUT2D eigenvalue weighted by atomic mass is 10.1. The molecule has 124 valence electrons. The molecule has 0 unspecified atom stereocenters. The van der Waals surface area contributed by atoms with Crippen LogP contribution in [0.25, 0.3) is 0 Å². The van der Waals surface area contributed by atoms with Gasteiger partial charge in [-0.15, -0.1) is 0 Å². The number of carbonyl (C=O) groups excluding carboxylic acids is 1. The number of hydrogen-bond donors (Lipinski definition) is 1. The van der Waals surface area contributed by atoms with Crippen LogP contribution in [0.4, 0.5) is 0 Å². The Balaban J connectivity index is 2.54. The molecule has 7 nitrogen and oxygen atoms in total. The van der Waals surface area contributed by atoms with E-state index in [1.54, 1.807) is 0 Å². The summed E-state index contributed by atoms with van der Waals surface area (Å²) in [7, 11) is -3.40. The Bertz CT molecular complexity index is 439. The molecule has 1 amide bonds. The highest BCUT2D eigenvalue weighted by atomic mass is 32.2. The van der Waals surface area contributed by atoms with Crippen molar-refractivity contribution < 1.29 is 17.9 Å². The third-order valence-electron chi connectivity index (χ3n) is 3.07. The zero-order chi connectivity index (χ0) is 16.1. The average Bonchev–Trinajstić information content (AvgIpc) is 2.32. The first-order valence-electron chi connectivity index (χ1n) is 7.14. The van der Waals surface area contributed by atoms with E-state index in [2.05, 4.69) is 10.2 Å². The van der Waals surface area contributed by atoms with E-state index in [4.69, 9.17) is 4.74 Å². The maximum absolute atomic E-state index is 11.9. The van der Waals surface area contributed by atoms with Crippen molar-refractivity contribution in [2.45, 2.75) is 26.3 Å². The van der Waals surface area contributed by atoms with Crippen LogP contribution in [0, 0.1) is 0 Å². The summed E-state index contributed by atoms with van der Waals surface area (Å²) in [6, 6.07) is 0. The Labute approximate surface area is 127 Å². The van der Waals surface area contributed by atoms with Gasteiger partial charge in [0.1, 0.15) is 0 Å². The standard InChI is InChI=1S/C13H27N3O4S/c1-13(2,3)14-12(17)11-16(21(4,18)19)6-5-15-7-9-20-10-8-15/h5-11H2,1-4H3,(H,14,17). The van der Waals surface area contributed by atoms with Gasteiger partial charge in [0.25, 0.3) is 0 Å². The molecule has 21 heavy (non-hydrogen) atoms. The number of morpholine rings is 1. The van der Waals surface area contributed by atoms with E-state index < -0.39 is 10.0 Å². The van der Waals surface area contributed by atoms with Gasteiger partial charge in [-0.25, -0.2) is 8.42 Å². The number of nitrogens with one attached hydrogen (secondary N) is 1. The molecular formula is C13H27N3O4S. The Hall–Kier alpha value is -0.700. The number of nitrogens with zero attached hydrogens (tertiary/aromatic N) is 2. The second-order valence-electron chi connectivity index (χ2n) is 6.35. The van der Waals surface area contributed by atoms with Crippen LogP contribution >= 0.6 is 0 Å². The van der Waals surface area contributed by atoms with Gasteiger partial charge in [0, 0.05) is 31.7 Å². The Kier molecular flexibility index (Phi) is 6.58. The normalized spacial score (nSPS) is 18.0. The van der Waals surface area contributed by atoms with Crippen molar-refractivity contribution in [3.8, 4) is 0 Å². The smallest absolute Gasteiger partial charge is 0.235 e. The lowest BCUT2D eigenvalue weighted by molar-refractivity contribution is -0.122. The van der Waals surface area contributed by atoms with Crippen LogP contribution in [0.5, 0.6) is 0 Å². The highest BCUT2D eigenvalue weighted by Gasteiger charge is 2.23. The molecule has 8 heteroatoms. The van der Waals surface area contributed by atoms with E-state index in [1.807, 2.05) is 20.8 Å². The zero-order valence-corrected chi connectivity index (χ0v) is 14.2. The molecule has 0 radical (unpaired) electrons. The monoisotopic (exact) mass is 321 g/mol. The lowest BCUT2D eigenvalue weighted by Crippen LogP contribution is -2.49. The molecule has 0 saturated carbocycles. The molecular weight excluding hydrogens is 294 g/mol. The molecule has 1 N–H and O–H groups in total. The van der Waals surface area contributed by atoms with Crippen LogP contribution in [0.15, 0.2) is 0 Å². The molecule has 0 aliphatic carbocycles. The summed E-state index contributed by atoms with van der Waals surface area (Å²) in [5.41, 5.74) is -0.371. The molecule has 1 aliphatic heterocycles. The van der Waals surface area contributed by atoms with Gasteiger partial charge in [0.15, 0.2) is 0 Å². The van der Waals surface area contributed by atoms with Crippen LogP contribution in [0.3, 0.4) is 0 Å². The van der Waals surface area contributed by atoms with Gasteiger partial charge in [-0.1, -0.05) is 0 Å². The third-order valence-corrected chi connectivity index (χ3v) is 4.32. The minimum absolute atomic E-state index is 0.138. The topological polar surface area (TPSA) is 79.0 Å². The number of hydrogen-bond acceptors (Lipinski definition) is 5. The predicted octanol–water partition coefficient (Wildman–Crippen LogP) is -0.505. The Morgan fingerprint density at radius 2 is 1.86 bits per heavy atom. The zero-order valence-electron chi connectivity index (χ0n) is 13.4. The number of sulfonamides is 1. The fourth-order valence-corrected chi connectivity index (χ4v) is 2.82. The number of amides is 1. The van der Waals surface area contributed by atoms with Gasteiger partial charge in [0.05, 0.1) is 26.0 Å². The van der Waals surface area contributed by atoms with E-state index in [-0.39, 0.29) is 18.0 Å². The number of ether oxygens (including phenoxy) is 1. The van der Waals surface area contributed by atoms with E-state index in [0.29, 0.717) is 26.3 Å². The maximum Gasteiger partial charge on any atom is 0.235 e. The van der Waals surface area contributed by atoms with Crippen molar-refractivity contribution in [1.29, 1.82) is 0 Å². The van der Waals surface area contributed by atoms with Gasteiger partial charge in [0.2, 0.25) is 15.9 Å². The summed E-state index contributed by atoms with van der Waals surface area (Å²) in [4.78, 5) is 14.1. The molecule has 0 aromatic carbocycles. The van der Waals surface area contributed by atoms with Crippen molar-refractivity contribution in [3.05, 3.63) is 0 Å². The van der Waals surface area contributed by atoms with Gasteiger partial charge < -0.3 is 10.1 Å². The minimum Gasteiger partial charge on any atom is -0.379 e. The molecule has 1 saturated heterocycles. The van der Waals surface area contributed by atoms with Crippen molar-refractivity contribution in [2.24, 2.45) is 0 Å². The first-order valence-corrected chi connectivity index (χ1v) is 8.99. The highest BCUT2D eigenvalue weighted by molar-refractivity contribution is 7.88.